The van der Waals surface area contributed by atoms with Crippen LogP contribution in [0.25, 0.3) is 11.8 Å². The molecule has 8 heteroatoms. The first-order chi connectivity index (χ1) is 10.6. The molecular weight excluding hydrogens is 354 g/mol. The molecule has 0 unspecified atom stereocenters. The van der Waals surface area contributed by atoms with Gasteiger partial charge in [-0.15, -0.1) is 0 Å². The van der Waals surface area contributed by atoms with E-state index in [-0.39, 0.29) is 21.3 Å². The minimum atomic E-state index is -4.56. The Kier molecular flexibility index (Phi) is 4.77. The van der Waals surface area contributed by atoms with Gasteiger partial charge in [-0.25, -0.2) is 4.79 Å². The van der Waals surface area contributed by atoms with E-state index in [1.165, 1.54) is 23.8 Å². The van der Waals surface area contributed by atoms with Crippen LogP contribution in [-0.4, -0.2) is 15.6 Å². The van der Waals surface area contributed by atoms with Crippen LogP contribution in [0.3, 0.4) is 0 Å². The maximum atomic E-state index is 12.8. The summed E-state index contributed by atoms with van der Waals surface area (Å²) in [7, 11) is 0. The summed E-state index contributed by atoms with van der Waals surface area (Å²) in [4.78, 5) is 10.9. The predicted molar refractivity (Wildman–Crippen MR) is 82.1 cm³/mol. The van der Waals surface area contributed by atoms with Crippen LogP contribution in [0.4, 0.5) is 13.2 Å². The molecule has 0 amide bonds. The van der Waals surface area contributed by atoms with E-state index in [1.807, 2.05) is 0 Å². The van der Waals surface area contributed by atoms with Crippen molar-refractivity contribution < 1.29 is 23.1 Å². The Bertz CT molecular complexity index is 771. The number of rotatable bonds is 3. The fraction of sp³-hybridized carbons (Fsp3) is 0.133. The van der Waals surface area contributed by atoms with Crippen LogP contribution < -0.4 is 0 Å². The first-order valence-electron chi connectivity index (χ1n) is 6.27. The second-order valence-electron chi connectivity index (χ2n) is 4.72. The average Bonchev–Trinajstić information content (AvgIpc) is 2.84. The number of carboxylic acids is 1. The third kappa shape index (κ3) is 3.71. The molecule has 0 atom stereocenters. The van der Waals surface area contributed by atoms with Crippen molar-refractivity contribution in [2.75, 3.05) is 0 Å². The van der Waals surface area contributed by atoms with Crippen molar-refractivity contribution in [1.82, 2.24) is 4.57 Å². The van der Waals surface area contributed by atoms with Crippen molar-refractivity contribution in [2.45, 2.75) is 13.1 Å². The monoisotopic (exact) mass is 363 g/mol. The second kappa shape index (κ2) is 6.29. The molecule has 0 spiro atoms. The highest BCUT2D eigenvalue weighted by Crippen LogP contribution is 2.38. The van der Waals surface area contributed by atoms with Gasteiger partial charge in [0.25, 0.3) is 0 Å². The minimum absolute atomic E-state index is 0.0594. The van der Waals surface area contributed by atoms with Crippen LogP contribution in [0.5, 0.6) is 0 Å². The third-order valence-corrected chi connectivity index (χ3v) is 3.64. The van der Waals surface area contributed by atoms with Gasteiger partial charge in [0.1, 0.15) is 0 Å². The van der Waals surface area contributed by atoms with Crippen molar-refractivity contribution in [2.24, 2.45) is 0 Å². The number of benzene rings is 1. The molecule has 2 rings (SSSR count). The minimum Gasteiger partial charge on any atom is -0.478 e. The van der Waals surface area contributed by atoms with E-state index in [9.17, 15) is 18.0 Å². The van der Waals surface area contributed by atoms with E-state index in [4.69, 9.17) is 28.3 Å². The van der Waals surface area contributed by atoms with E-state index in [0.717, 1.165) is 12.1 Å². The van der Waals surface area contributed by atoms with E-state index in [1.54, 1.807) is 12.1 Å². The highest BCUT2D eigenvalue weighted by Gasteiger charge is 2.32. The van der Waals surface area contributed by atoms with Crippen LogP contribution in [-0.2, 0) is 11.0 Å². The number of carboxylic acid groups (broad SMARTS) is 1. The molecule has 0 saturated carbocycles. The topological polar surface area (TPSA) is 42.2 Å². The second-order valence-corrected chi connectivity index (χ2v) is 5.54. The van der Waals surface area contributed by atoms with E-state index in [2.05, 4.69) is 0 Å². The van der Waals surface area contributed by atoms with Crippen molar-refractivity contribution in [3.05, 3.63) is 57.3 Å². The molecule has 2 aromatic rings. The highest BCUT2D eigenvalue weighted by atomic mass is 35.5. The summed E-state index contributed by atoms with van der Waals surface area (Å²) in [6, 6.07) is 4.75. The molecule has 0 saturated heterocycles. The normalized spacial score (nSPS) is 12.5. The summed E-state index contributed by atoms with van der Waals surface area (Å²) in [6.45, 7) is 1.40. The fourth-order valence-corrected chi connectivity index (χ4v) is 2.63. The van der Waals surface area contributed by atoms with Gasteiger partial charge in [0, 0.05) is 17.5 Å². The Hall–Kier alpha value is -1.92. The van der Waals surface area contributed by atoms with Crippen molar-refractivity contribution in [1.29, 1.82) is 0 Å². The van der Waals surface area contributed by atoms with Gasteiger partial charge in [0.2, 0.25) is 0 Å². The number of alkyl halides is 3. The van der Waals surface area contributed by atoms with Crippen LogP contribution >= 0.6 is 23.2 Å². The van der Waals surface area contributed by atoms with E-state index in [0.29, 0.717) is 5.69 Å². The van der Waals surface area contributed by atoms with Crippen LogP contribution in [0.2, 0.25) is 10.0 Å². The number of hydrogen-bond donors (Lipinski definition) is 1. The number of halogens is 5. The number of aromatic nitrogens is 1. The summed E-state index contributed by atoms with van der Waals surface area (Å²) >= 11 is 11.9. The molecule has 1 aromatic carbocycles. The van der Waals surface area contributed by atoms with Crippen molar-refractivity contribution in [3.8, 4) is 5.69 Å². The Labute approximate surface area is 139 Å². The quantitative estimate of drug-likeness (QED) is 0.752. The van der Waals surface area contributed by atoms with Crippen molar-refractivity contribution >= 4 is 35.2 Å². The number of hydrogen-bond acceptors (Lipinski definition) is 1. The molecule has 23 heavy (non-hydrogen) atoms. The summed E-state index contributed by atoms with van der Waals surface area (Å²) in [5.41, 5.74) is -0.324. The standard InChI is InChI=1S/C15H10Cl2F3NO2/c1-8(14(22)23)5-10-3-2-4-21(10)13-11(16)6-9(7-12(13)17)15(18,19)20/h2-7H,1H3,(H,22,23)/b8-5+. The Morgan fingerprint density at radius 3 is 2.30 bits per heavy atom. The van der Waals surface area contributed by atoms with E-state index < -0.39 is 17.7 Å². The summed E-state index contributed by atoms with van der Waals surface area (Å²) in [5.74, 6) is -1.11. The zero-order chi connectivity index (χ0) is 17.4. The SMILES string of the molecule is C/C(=C\c1cccn1-c1c(Cl)cc(C(F)(F)F)cc1Cl)C(=O)O. The highest BCUT2D eigenvalue weighted by molar-refractivity contribution is 6.38. The molecule has 0 aliphatic carbocycles. The molecule has 122 valence electrons. The van der Waals surface area contributed by atoms with Gasteiger partial charge in [-0.1, -0.05) is 23.2 Å². The van der Waals surface area contributed by atoms with Gasteiger partial charge in [0.15, 0.2) is 0 Å². The molecule has 0 aliphatic heterocycles. The maximum absolute atomic E-state index is 12.8. The lowest BCUT2D eigenvalue weighted by atomic mass is 10.2. The molecule has 1 aromatic heterocycles. The largest absolute Gasteiger partial charge is 0.478 e. The van der Waals surface area contributed by atoms with Gasteiger partial charge in [0.05, 0.1) is 21.3 Å². The number of carbonyl (C=O) groups is 1. The molecule has 0 fully saturated rings. The Morgan fingerprint density at radius 1 is 1.26 bits per heavy atom. The Morgan fingerprint density at radius 2 is 1.83 bits per heavy atom. The zero-order valence-electron chi connectivity index (χ0n) is 11.7. The summed E-state index contributed by atoms with van der Waals surface area (Å²) < 4.78 is 39.7. The van der Waals surface area contributed by atoms with Gasteiger partial charge in [-0.3, -0.25) is 0 Å². The predicted octanol–water partition coefficient (Wildman–Crippen LogP) is 5.29. The molecule has 1 N–H and O–H groups in total. The lowest BCUT2D eigenvalue weighted by Crippen LogP contribution is -2.07. The third-order valence-electron chi connectivity index (χ3n) is 3.07. The molecular formula is C15H10Cl2F3NO2. The lowest BCUT2D eigenvalue weighted by molar-refractivity contribution is -0.137. The molecule has 1 heterocycles. The van der Waals surface area contributed by atoms with Gasteiger partial charge in [-0.2, -0.15) is 13.2 Å². The Balaban J connectivity index is 2.59. The van der Waals surface area contributed by atoms with Crippen LogP contribution in [0, 0.1) is 0 Å². The van der Waals surface area contributed by atoms with Gasteiger partial charge >= 0.3 is 12.1 Å². The zero-order valence-corrected chi connectivity index (χ0v) is 13.2. The average molecular weight is 364 g/mol. The summed E-state index contributed by atoms with van der Waals surface area (Å²) in [5, 5.41) is 8.54. The number of aliphatic carboxylic acids is 1. The molecule has 0 aliphatic rings. The van der Waals surface area contributed by atoms with Gasteiger partial charge in [-0.05, 0) is 37.3 Å². The smallest absolute Gasteiger partial charge is 0.416 e. The molecule has 0 bridgehead atoms. The van der Waals surface area contributed by atoms with E-state index >= 15 is 0 Å². The lowest BCUT2D eigenvalue weighted by Gasteiger charge is -2.14. The molecule has 0 radical (unpaired) electrons. The van der Waals surface area contributed by atoms with Crippen molar-refractivity contribution in [3.63, 3.8) is 0 Å². The van der Waals surface area contributed by atoms with Crippen LogP contribution in [0.15, 0.2) is 36.0 Å². The van der Waals surface area contributed by atoms with Gasteiger partial charge < -0.3 is 9.67 Å². The molecule has 3 nitrogen and oxygen atoms in total. The van der Waals surface area contributed by atoms with Crippen LogP contribution in [0.1, 0.15) is 18.2 Å². The summed E-state index contributed by atoms with van der Waals surface area (Å²) in [6.07, 6.45) is -1.67. The maximum Gasteiger partial charge on any atom is 0.416 e. The number of nitrogens with zero attached hydrogens (tertiary/aromatic N) is 1. The first kappa shape index (κ1) is 17.4. The fourth-order valence-electron chi connectivity index (χ4n) is 1.96. The first-order valence-corrected chi connectivity index (χ1v) is 7.02.